The Kier molecular flexibility index (Phi) is 4.74. The normalized spacial score (nSPS) is 20.5. The molecule has 4 nitrogen and oxygen atoms in total. The molecule has 4 rings (SSSR count). The number of nitrogens with one attached hydrogen (secondary N) is 1. The Hall–Kier alpha value is -2.62. The summed E-state index contributed by atoms with van der Waals surface area (Å²) in [5, 5.41) is 3.00. The van der Waals surface area contributed by atoms with Crippen molar-refractivity contribution in [3.8, 4) is 0 Å². The number of amides is 2. The molecule has 1 aliphatic heterocycles. The number of benzene rings is 2. The Bertz CT molecular complexity index is 778. The summed E-state index contributed by atoms with van der Waals surface area (Å²) >= 11 is 0. The van der Waals surface area contributed by atoms with E-state index >= 15 is 0 Å². The van der Waals surface area contributed by atoms with E-state index in [0.29, 0.717) is 38.4 Å². The summed E-state index contributed by atoms with van der Waals surface area (Å²) in [7, 11) is 0. The maximum atomic E-state index is 12.4. The van der Waals surface area contributed by atoms with Crippen molar-refractivity contribution in [1.82, 2.24) is 10.2 Å². The Balaban J connectivity index is 1.16. The average molecular weight is 348 g/mol. The third kappa shape index (κ3) is 3.64. The Morgan fingerprint density at radius 1 is 0.962 bits per heavy atom. The van der Waals surface area contributed by atoms with Gasteiger partial charge in [0.05, 0.1) is 0 Å². The van der Waals surface area contributed by atoms with Crippen molar-refractivity contribution in [3.63, 3.8) is 0 Å². The maximum Gasteiger partial charge on any atom is 0.223 e. The van der Waals surface area contributed by atoms with Crippen LogP contribution < -0.4 is 5.32 Å². The highest BCUT2D eigenvalue weighted by Gasteiger charge is 2.43. The first-order valence-electron chi connectivity index (χ1n) is 9.39. The molecular formula is C22H24N2O2. The van der Waals surface area contributed by atoms with Gasteiger partial charge in [0.1, 0.15) is 0 Å². The smallest absolute Gasteiger partial charge is 0.223 e. The molecule has 1 heterocycles. The van der Waals surface area contributed by atoms with E-state index in [2.05, 4.69) is 29.6 Å². The number of fused-ring (bicyclic) bond motifs is 1. The second-order valence-electron chi connectivity index (χ2n) is 7.27. The van der Waals surface area contributed by atoms with Crippen LogP contribution in [-0.4, -0.2) is 23.3 Å². The fourth-order valence-corrected chi connectivity index (χ4v) is 3.80. The van der Waals surface area contributed by atoms with Gasteiger partial charge in [0.2, 0.25) is 11.8 Å². The zero-order chi connectivity index (χ0) is 17.9. The van der Waals surface area contributed by atoms with E-state index < -0.39 is 0 Å². The summed E-state index contributed by atoms with van der Waals surface area (Å²) in [6.45, 7) is 1.99. The summed E-state index contributed by atoms with van der Waals surface area (Å²) in [5.41, 5.74) is 3.74. The van der Waals surface area contributed by atoms with Crippen LogP contribution >= 0.6 is 0 Å². The minimum absolute atomic E-state index is 0.0983. The minimum Gasteiger partial charge on any atom is -0.356 e. The van der Waals surface area contributed by atoms with E-state index in [4.69, 9.17) is 0 Å². The number of rotatable bonds is 6. The van der Waals surface area contributed by atoms with Crippen LogP contribution in [0.2, 0.25) is 0 Å². The lowest BCUT2D eigenvalue weighted by molar-refractivity contribution is -0.132. The molecule has 0 aromatic heterocycles. The first kappa shape index (κ1) is 16.8. The van der Waals surface area contributed by atoms with Crippen LogP contribution in [0.15, 0.2) is 54.6 Å². The van der Waals surface area contributed by atoms with E-state index in [1.54, 1.807) is 0 Å². The Morgan fingerprint density at radius 3 is 2.31 bits per heavy atom. The summed E-state index contributed by atoms with van der Waals surface area (Å²) in [4.78, 5) is 26.5. The standard InChI is InChI=1S/C22H24N2O2/c25-21(24-14-17-9-4-5-10-18(17)15-24)11-6-12-23-22(26)20-13-19(20)16-7-2-1-3-8-16/h1-5,7-10,19-20H,6,11-15H2,(H,23,26). The summed E-state index contributed by atoms with van der Waals surface area (Å²) in [6.07, 6.45) is 2.11. The molecular weight excluding hydrogens is 324 g/mol. The van der Waals surface area contributed by atoms with Crippen LogP contribution in [0.3, 0.4) is 0 Å². The molecule has 2 aliphatic rings. The van der Waals surface area contributed by atoms with E-state index in [1.165, 1.54) is 16.7 Å². The highest BCUT2D eigenvalue weighted by atomic mass is 16.2. The molecule has 26 heavy (non-hydrogen) atoms. The van der Waals surface area contributed by atoms with Crippen LogP contribution in [0.1, 0.15) is 41.9 Å². The van der Waals surface area contributed by atoms with Gasteiger partial charge in [-0.05, 0) is 35.4 Å². The van der Waals surface area contributed by atoms with Crippen LogP contribution in [0.4, 0.5) is 0 Å². The molecule has 0 bridgehead atoms. The topological polar surface area (TPSA) is 49.4 Å². The molecule has 2 amide bonds. The average Bonchev–Trinajstić information content (AvgIpc) is 3.36. The summed E-state index contributed by atoms with van der Waals surface area (Å²) in [5.74, 6) is 0.756. The van der Waals surface area contributed by atoms with Crippen molar-refractivity contribution < 1.29 is 9.59 Å². The van der Waals surface area contributed by atoms with E-state index in [0.717, 1.165) is 6.42 Å². The fourth-order valence-electron chi connectivity index (χ4n) is 3.80. The van der Waals surface area contributed by atoms with Gasteiger partial charge >= 0.3 is 0 Å². The SMILES string of the molecule is O=C(NCCCC(=O)N1Cc2ccccc2C1)C1CC1c1ccccc1. The van der Waals surface area contributed by atoms with Gasteiger partial charge in [-0.2, -0.15) is 0 Å². The van der Waals surface area contributed by atoms with Gasteiger partial charge < -0.3 is 10.2 Å². The minimum atomic E-state index is 0.0983. The monoisotopic (exact) mass is 348 g/mol. The number of carbonyl (C=O) groups is 2. The summed E-state index contributed by atoms with van der Waals surface area (Å²) < 4.78 is 0. The molecule has 1 fully saturated rings. The molecule has 2 unspecified atom stereocenters. The van der Waals surface area contributed by atoms with Crippen LogP contribution in [0.5, 0.6) is 0 Å². The number of carbonyl (C=O) groups excluding carboxylic acids is 2. The van der Waals surface area contributed by atoms with Gasteiger partial charge in [-0.3, -0.25) is 9.59 Å². The lowest BCUT2D eigenvalue weighted by atomic mass is 10.1. The van der Waals surface area contributed by atoms with Crippen LogP contribution in [0.25, 0.3) is 0 Å². The molecule has 0 saturated heterocycles. The van der Waals surface area contributed by atoms with E-state index in [-0.39, 0.29) is 17.7 Å². The second-order valence-corrected chi connectivity index (χ2v) is 7.27. The van der Waals surface area contributed by atoms with Gasteiger partial charge in [-0.1, -0.05) is 54.6 Å². The molecule has 4 heteroatoms. The van der Waals surface area contributed by atoms with E-state index in [9.17, 15) is 9.59 Å². The van der Waals surface area contributed by atoms with Crippen LogP contribution in [0, 0.1) is 5.92 Å². The van der Waals surface area contributed by atoms with Crippen molar-refractivity contribution in [2.45, 2.75) is 38.3 Å². The predicted octanol–water partition coefficient (Wildman–Crippen LogP) is 3.23. The molecule has 134 valence electrons. The van der Waals surface area contributed by atoms with Crippen molar-refractivity contribution in [2.24, 2.45) is 5.92 Å². The highest BCUT2D eigenvalue weighted by molar-refractivity contribution is 5.83. The quantitative estimate of drug-likeness (QED) is 0.815. The predicted molar refractivity (Wildman–Crippen MR) is 100 cm³/mol. The van der Waals surface area contributed by atoms with Crippen molar-refractivity contribution in [2.75, 3.05) is 6.54 Å². The largest absolute Gasteiger partial charge is 0.356 e. The Morgan fingerprint density at radius 2 is 1.62 bits per heavy atom. The second kappa shape index (κ2) is 7.32. The zero-order valence-corrected chi connectivity index (χ0v) is 14.9. The molecule has 0 radical (unpaired) electrons. The molecule has 2 atom stereocenters. The maximum absolute atomic E-state index is 12.4. The number of hydrogen-bond donors (Lipinski definition) is 1. The lowest BCUT2D eigenvalue weighted by Crippen LogP contribution is -2.29. The van der Waals surface area contributed by atoms with Gasteiger partial charge in [0, 0.05) is 32.0 Å². The molecule has 2 aromatic carbocycles. The highest BCUT2D eigenvalue weighted by Crippen LogP contribution is 2.47. The van der Waals surface area contributed by atoms with Crippen molar-refractivity contribution in [1.29, 1.82) is 0 Å². The first-order valence-corrected chi connectivity index (χ1v) is 9.39. The molecule has 2 aromatic rings. The Labute approximate surface area is 154 Å². The number of hydrogen-bond acceptors (Lipinski definition) is 2. The van der Waals surface area contributed by atoms with E-state index in [1.807, 2.05) is 35.2 Å². The fraction of sp³-hybridized carbons (Fsp3) is 0.364. The first-order chi connectivity index (χ1) is 12.7. The third-order valence-corrected chi connectivity index (χ3v) is 5.42. The van der Waals surface area contributed by atoms with Crippen molar-refractivity contribution in [3.05, 3.63) is 71.3 Å². The van der Waals surface area contributed by atoms with Gasteiger partial charge in [0.25, 0.3) is 0 Å². The van der Waals surface area contributed by atoms with Gasteiger partial charge in [-0.25, -0.2) is 0 Å². The van der Waals surface area contributed by atoms with Gasteiger partial charge in [-0.15, -0.1) is 0 Å². The third-order valence-electron chi connectivity index (χ3n) is 5.42. The molecule has 1 saturated carbocycles. The molecule has 1 N–H and O–H groups in total. The molecule has 0 spiro atoms. The summed E-state index contributed by atoms with van der Waals surface area (Å²) in [6, 6.07) is 18.4. The lowest BCUT2D eigenvalue weighted by Gasteiger charge is -2.15. The number of nitrogens with zero attached hydrogens (tertiary/aromatic N) is 1. The van der Waals surface area contributed by atoms with Crippen LogP contribution in [-0.2, 0) is 22.7 Å². The van der Waals surface area contributed by atoms with Crippen molar-refractivity contribution >= 4 is 11.8 Å². The van der Waals surface area contributed by atoms with Gasteiger partial charge in [0.15, 0.2) is 0 Å². The zero-order valence-electron chi connectivity index (χ0n) is 14.9. The molecule has 1 aliphatic carbocycles.